The molecule has 6 nitrogen and oxygen atoms in total. The average molecular weight is 371 g/mol. The lowest BCUT2D eigenvalue weighted by atomic mass is 10.3. The number of hydrogen-bond donors (Lipinski definition) is 1. The minimum absolute atomic E-state index is 0.269. The minimum atomic E-state index is -0.269. The Hall–Kier alpha value is -2.99. The number of benzene rings is 2. The van der Waals surface area contributed by atoms with Gasteiger partial charge in [0.25, 0.3) is 0 Å². The summed E-state index contributed by atoms with van der Waals surface area (Å²) in [6, 6.07) is 14.2. The molecule has 0 fully saturated rings. The molecule has 2 amide bonds. The molecule has 0 aliphatic heterocycles. The molecule has 0 bridgehead atoms. The van der Waals surface area contributed by atoms with Gasteiger partial charge in [-0.25, -0.2) is 4.79 Å². The first-order valence-corrected chi connectivity index (χ1v) is 8.41. The molecule has 1 heterocycles. The first-order valence-electron chi connectivity index (χ1n) is 8.03. The van der Waals surface area contributed by atoms with Crippen molar-refractivity contribution in [3.8, 4) is 11.5 Å². The van der Waals surface area contributed by atoms with Gasteiger partial charge in [0.2, 0.25) is 0 Å². The largest absolute Gasteiger partial charge is 0.455 e. The molecule has 0 atom stereocenters. The number of rotatable bonds is 5. The third-order valence-electron chi connectivity index (χ3n) is 3.68. The average Bonchev–Trinajstić information content (AvgIpc) is 3.03. The maximum atomic E-state index is 12.5. The lowest BCUT2D eigenvalue weighted by Crippen LogP contribution is -2.30. The fourth-order valence-electron chi connectivity index (χ4n) is 2.41. The Morgan fingerprint density at radius 3 is 2.73 bits per heavy atom. The molecule has 0 spiro atoms. The van der Waals surface area contributed by atoms with Gasteiger partial charge < -0.3 is 15.0 Å². The lowest BCUT2D eigenvalue weighted by Gasteiger charge is -2.19. The van der Waals surface area contributed by atoms with Crippen LogP contribution in [0.1, 0.15) is 5.56 Å². The number of halogens is 1. The normalized spacial score (nSPS) is 10.4. The maximum absolute atomic E-state index is 12.5. The van der Waals surface area contributed by atoms with Gasteiger partial charge in [-0.05, 0) is 30.3 Å². The number of nitrogens with zero attached hydrogens (tertiary/aromatic N) is 3. The predicted molar refractivity (Wildman–Crippen MR) is 102 cm³/mol. The molecule has 0 saturated heterocycles. The highest BCUT2D eigenvalue weighted by Gasteiger charge is 2.14. The van der Waals surface area contributed by atoms with E-state index in [1.54, 1.807) is 41.0 Å². The number of aryl methyl sites for hydroxylation is 1. The molecule has 0 unspecified atom stereocenters. The van der Waals surface area contributed by atoms with Gasteiger partial charge in [0, 0.05) is 30.9 Å². The van der Waals surface area contributed by atoms with Crippen LogP contribution in [0, 0.1) is 0 Å². The Labute approximate surface area is 157 Å². The number of nitrogens with one attached hydrogen (secondary N) is 1. The van der Waals surface area contributed by atoms with Crippen LogP contribution in [0.5, 0.6) is 11.5 Å². The Morgan fingerprint density at radius 1 is 1.27 bits per heavy atom. The van der Waals surface area contributed by atoms with Crippen LogP contribution in [0.2, 0.25) is 5.02 Å². The highest BCUT2D eigenvalue weighted by Crippen LogP contribution is 2.32. The van der Waals surface area contributed by atoms with E-state index in [0.29, 0.717) is 28.8 Å². The first kappa shape index (κ1) is 17.8. The maximum Gasteiger partial charge on any atom is 0.321 e. The summed E-state index contributed by atoms with van der Waals surface area (Å²) < 4.78 is 7.56. The summed E-state index contributed by atoms with van der Waals surface area (Å²) in [5.41, 5.74) is 1.45. The van der Waals surface area contributed by atoms with Crippen molar-refractivity contribution < 1.29 is 9.53 Å². The monoisotopic (exact) mass is 370 g/mol. The fraction of sp³-hybridized carbons (Fsp3) is 0.158. The summed E-state index contributed by atoms with van der Waals surface area (Å²) in [7, 11) is 3.55. The topological polar surface area (TPSA) is 59.4 Å². The molecule has 26 heavy (non-hydrogen) atoms. The van der Waals surface area contributed by atoms with Crippen molar-refractivity contribution in [2.45, 2.75) is 6.54 Å². The van der Waals surface area contributed by atoms with Gasteiger partial charge in [-0.15, -0.1) is 0 Å². The predicted octanol–water partition coefficient (Wildman–Crippen LogP) is 4.53. The zero-order valence-electron chi connectivity index (χ0n) is 14.5. The molecule has 0 saturated carbocycles. The van der Waals surface area contributed by atoms with Gasteiger partial charge in [0.05, 0.1) is 18.4 Å². The van der Waals surface area contributed by atoms with Gasteiger partial charge >= 0.3 is 6.03 Å². The quantitative estimate of drug-likeness (QED) is 0.717. The zero-order chi connectivity index (χ0) is 18.5. The standard InChI is InChI=1S/C19H19ClN4O2/c1-23(12-14-11-21-24(2)13-14)19(25)22-17-10-15(20)8-9-18(17)26-16-6-4-3-5-7-16/h3-11,13H,12H2,1-2H3,(H,22,25). The van der Waals surface area contributed by atoms with E-state index in [1.807, 2.05) is 43.6 Å². The van der Waals surface area contributed by atoms with Crippen LogP contribution in [0.15, 0.2) is 60.9 Å². The molecular weight excluding hydrogens is 352 g/mol. The summed E-state index contributed by atoms with van der Waals surface area (Å²) in [6.07, 6.45) is 3.60. The molecule has 2 aromatic carbocycles. The number of hydrogen-bond acceptors (Lipinski definition) is 3. The van der Waals surface area contributed by atoms with Crippen molar-refractivity contribution >= 4 is 23.3 Å². The van der Waals surface area contributed by atoms with E-state index in [1.165, 1.54) is 0 Å². The van der Waals surface area contributed by atoms with Gasteiger partial charge in [-0.2, -0.15) is 5.10 Å². The van der Waals surface area contributed by atoms with Crippen LogP contribution < -0.4 is 10.1 Å². The summed E-state index contributed by atoms with van der Waals surface area (Å²) in [5.74, 6) is 1.19. The summed E-state index contributed by atoms with van der Waals surface area (Å²) in [5, 5.41) is 7.47. The van der Waals surface area contributed by atoms with Gasteiger partial charge in [-0.1, -0.05) is 29.8 Å². The molecule has 3 aromatic rings. The number of amides is 2. The smallest absolute Gasteiger partial charge is 0.321 e. The molecule has 0 radical (unpaired) electrons. The van der Waals surface area contributed by atoms with Gasteiger partial charge in [0.15, 0.2) is 5.75 Å². The van der Waals surface area contributed by atoms with Crippen LogP contribution in [0.3, 0.4) is 0 Å². The molecule has 1 N–H and O–H groups in total. The first-order chi connectivity index (χ1) is 12.5. The molecule has 1 aromatic heterocycles. The van der Waals surface area contributed by atoms with Gasteiger partial charge in [0.1, 0.15) is 5.75 Å². The number of aromatic nitrogens is 2. The second kappa shape index (κ2) is 7.93. The Balaban J connectivity index is 1.73. The fourth-order valence-corrected chi connectivity index (χ4v) is 2.59. The van der Waals surface area contributed by atoms with Crippen molar-refractivity contribution in [2.75, 3.05) is 12.4 Å². The number of para-hydroxylation sites is 1. The van der Waals surface area contributed by atoms with E-state index in [-0.39, 0.29) is 6.03 Å². The van der Waals surface area contributed by atoms with Crippen molar-refractivity contribution in [2.24, 2.45) is 7.05 Å². The van der Waals surface area contributed by atoms with E-state index < -0.39 is 0 Å². The number of carbonyl (C=O) groups is 1. The number of anilines is 1. The lowest BCUT2D eigenvalue weighted by molar-refractivity contribution is 0.220. The minimum Gasteiger partial charge on any atom is -0.455 e. The van der Waals surface area contributed by atoms with E-state index >= 15 is 0 Å². The molecule has 0 aliphatic carbocycles. The van der Waals surface area contributed by atoms with Crippen LogP contribution in [0.4, 0.5) is 10.5 Å². The second-order valence-corrected chi connectivity index (χ2v) is 6.30. The van der Waals surface area contributed by atoms with Crippen molar-refractivity contribution in [3.63, 3.8) is 0 Å². The Morgan fingerprint density at radius 2 is 2.04 bits per heavy atom. The van der Waals surface area contributed by atoms with Crippen LogP contribution >= 0.6 is 11.6 Å². The summed E-state index contributed by atoms with van der Waals surface area (Å²) >= 11 is 6.08. The number of carbonyl (C=O) groups excluding carboxylic acids is 1. The van der Waals surface area contributed by atoms with Crippen LogP contribution in [0.25, 0.3) is 0 Å². The highest BCUT2D eigenvalue weighted by atomic mass is 35.5. The van der Waals surface area contributed by atoms with Crippen molar-refractivity contribution in [3.05, 3.63) is 71.5 Å². The Bertz CT molecular complexity index is 896. The number of ether oxygens (including phenoxy) is 1. The van der Waals surface area contributed by atoms with E-state index in [9.17, 15) is 4.79 Å². The highest BCUT2D eigenvalue weighted by molar-refractivity contribution is 6.31. The van der Waals surface area contributed by atoms with E-state index in [4.69, 9.17) is 16.3 Å². The van der Waals surface area contributed by atoms with Crippen molar-refractivity contribution in [1.29, 1.82) is 0 Å². The van der Waals surface area contributed by atoms with Crippen molar-refractivity contribution in [1.82, 2.24) is 14.7 Å². The summed E-state index contributed by atoms with van der Waals surface area (Å²) in [6.45, 7) is 0.440. The SMILES string of the molecule is CN(Cc1cnn(C)c1)C(=O)Nc1cc(Cl)ccc1Oc1ccccc1. The zero-order valence-corrected chi connectivity index (χ0v) is 15.3. The van der Waals surface area contributed by atoms with E-state index in [0.717, 1.165) is 5.56 Å². The summed E-state index contributed by atoms with van der Waals surface area (Å²) in [4.78, 5) is 14.1. The molecule has 7 heteroatoms. The molecule has 3 rings (SSSR count). The number of urea groups is 1. The third-order valence-corrected chi connectivity index (χ3v) is 3.91. The Kier molecular flexibility index (Phi) is 5.43. The van der Waals surface area contributed by atoms with Crippen LogP contribution in [-0.2, 0) is 13.6 Å². The molecule has 0 aliphatic rings. The molecular formula is C19H19ClN4O2. The van der Waals surface area contributed by atoms with Gasteiger partial charge in [-0.3, -0.25) is 4.68 Å². The molecule has 134 valence electrons. The van der Waals surface area contributed by atoms with Crippen LogP contribution in [-0.4, -0.2) is 27.8 Å². The second-order valence-electron chi connectivity index (χ2n) is 5.86. The van der Waals surface area contributed by atoms with E-state index in [2.05, 4.69) is 10.4 Å². The third kappa shape index (κ3) is 4.55.